The summed E-state index contributed by atoms with van der Waals surface area (Å²) in [6.45, 7) is 3.82. The summed E-state index contributed by atoms with van der Waals surface area (Å²) in [4.78, 5) is 4.75. The van der Waals surface area contributed by atoms with Gasteiger partial charge in [-0.05, 0) is 42.8 Å². The summed E-state index contributed by atoms with van der Waals surface area (Å²) in [6.07, 6.45) is 1.09. The first-order valence-corrected chi connectivity index (χ1v) is 9.15. The SMILES string of the molecule is CCCn1c(SCCOc2ccc(OC)cc2)nc2ccccc21. The number of aryl methyl sites for hydroxylation is 1. The summed E-state index contributed by atoms with van der Waals surface area (Å²) < 4.78 is 13.2. The highest BCUT2D eigenvalue weighted by Gasteiger charge is 2.10. The number of para-hydroxylation sites is 2. The van der Waals surface area contributed by atoms with E-state index in [0.29, 0.717) is 6.61 Å². The van der Waals surface area contributed by atoms with E-state index >= 15 is 0 Å². The zero-order valence-corrected chi connectivity index (χ0v) is 14.9. The second kappa shape index (κ2) is 8.11. The number of rotatable bonds is 8. The topological polar surface area (TPSA) is 36.3 Å². The van der Waals surface area contributed by atoms with E-state index < -0.39 is 0 Å². The van der Waals surface area contributed by atoms with E-state index in [-0.39, 0.29) is 0 Å². The van der Waals surface area contributed by atoms with Gasteiger partial charge in [0.15, 0.2) is 5.16 Å². The largest absolute Gasteiger partial charge is 0.497 e. The number of imidazole rings is 1. The van der Waals surface area contributed by atoms with Crippen molar-refractivity contribution in [2.24, 2.45) is 0 Å². The highest BCUT2D eigenvalue weighted by Crippen LogP contribution is 2.24. The highest BCUT2D eigenvalue weighted by atomic mass is 32.2. The van der Waals surface area contributed by atoms with Crippen molar-refractivity contribution in [3.8, 4) is 11.5 Å². The average Bonchev–Trinajstić information content (AvgIpc) is 2.97. The summed E-state index contributed by atoms with van der Waals surface area (Å²) in [5.74, 6) is 2.56. The molecule has 0 radical (unpaired) electrons. The summed E-state index contributed by atoms with van der Waals surface area (Å²) >= 11 is 1.74. The quantitative estimate of drug-likeness (QED) is 0.442. The van der Waals surface area contributed by atoms with Crippen LogP contribution in [0, 0.1) is 0 Å². The molecule has 0 saturated heterocycles. The monoisotopic (exact) mass is 342 g/mol. The van der Waals surface area contributed by atoms with Crippen LogP contribution in [-0.4, -0.2) is 29.0 Å². The number of hydrogen-bond donors (Lipinski definition) is 0. The van der Waals surface area contributed by atoms with Gasteiger partial charge in [-0.3, -0.25) is 0 Å². The molecular formula is C19H22N2O2S. The molecule has 0 amide bonds. The maximum absolute atomic E-state index is 5.79. The maximum atomic E-state index is 5.79. The van der Waals surface area contributed by atoms with Crippen LogP contribution in [0.4, 0.5) is 0 Å². The number of aromatic nitrogens is 2. The van der Waals surface area contributed by atoms with Gasteiger partial charge in [0, 0.05) is 12.3 Å². The van der Waals surface area contributed by atoms with Crippen LogP contribution in [0.3, 0.4) is 0 Å². The lowest BCUT2D eigenvalue weighted by molar-refractivity contribution is 0.342. The van der Waals surface area contributed by atoms with Gasteiger partial charge >= 0.3 is 0 Å². The lowest BCUT2D eigenvalue weighted by atomic mass is 10.3. The zero-order valence-electron chi connectivity index (χ0n) is 14.1. The van der Waals surface area contributed by atoms with Crippen molar-refractivity contribution in [3.63, 3.8) is 0 Å². The molecule has 0 saturated carbocycles. The minimum Gasteiger partial charge on any atom is -0.497 e. The van der Waals surface area contributed by atoms with Crippen molar-refractivity contribution in [1.29, 1.82) is 0 Å². The Bertz CT molecular complexity index is 784. The first-order chi connectivity index (χ1) is 11.8. The average molecular weight is 342 g/mol. The molecule has 0 aliphatic rings. The molecule has 3 aromatic rings. The smallest absolute Gasteiger partial charge is 0.169 e. The fourth-order valence-electron chi connectivity index (χ4n) is 2.57. The van der Waals surface area contributed by atoms with E-state index in [2.05, 4.69) is 29.7 Å². The van der Waals surface area contributed by atoms with Gasteiger partial charge in [-0.15, -0.1) is 0 Å². The molecule has 4 nitrogen and oxygen atoms in total. The van der Waals surface area contributed by atoms with Gasteiger partial charge in [0.1, 0.15) is 11.5 Å². The zero-order chi connectivity index (χ0) is 16.8. The van der Waals surface area contributed by atoms with Gasteiger partial charge in [0.25, 0.3) is 0 Å². The van der Waals surface area contributed by atoms with Crippen LogP contribution >= 0.6 is 11.8 Å². The van der Waals surface area contributed by atoms with Gasteiger partial charge in [-0.1, -0.05) is 30.8 Å². The molecule has 2 aromatic carbocycles. The second-order valence-corrected chi connectivity index (χ2v) is 6.47. The Balaban J connectivity index is 1.59. The molecule has 0 bridgehead atoms. The van der Waals surface area contributed by atoms with Crippen LogP contribution in [0.15, 0.2) is 53.7 Å². The van der Waals surface area contributed by atoms with Crippen molar-refractivity contribution in [1.82, 2.24) is 9.55 Å². The first kappa shape index (κ1) is 16.7. The third-order valence-electron chi connectivity index (χ3n) is 3.71. The molecule has 5 heteroatoms. The van der Waals surface area contributed by atoms with Gasteiger partial charge in [-0.25, -0.2) is 4.98 Å². The molecule has 0 aliphatic carbocycles. The summed E-state index contributed by atoms with van der Waals surface area (Å²) in [5.41, 5.74) is 2.27. The Hall–Kier alpha value is -2.14. The predicted molar refractivity (Wildman–Crippen MR) is 99.2 cm³/mol. The normalized spacial score (nSPS) is 10.9. The summed E-state index contributed by atoms with van der Waals surface area (Å²) in [6, 6.07) is 16.0. The van der Waals surface area contributed by atoms with Crippen molar-refractivity contribution < 1.29 is 9.47 Å². The van der Waals surface area contributed by atoms with Crippen LogP contribution in [0.2, 0.25) is 0 Å². The van der Waals surface area contributed by atoms with Crippen molar-refractivity contribution in [2.45, 2.75) is 25.0 Å². The van der Waals surface area contributed by atoms with E-state index in [1.54, 1.807) is 18.9 Å². The van der Waals surface area contributed by atoms with E-state index in [9.17, 15) is 0 Å². The number of nitrogens with zero attached hydrogens (tertiary/aromatic N) is 2. The molecule has 3 rings (SSSR count). The Morgan fingerprint density at radius 1 is 1.04 bits per heavy atom. The third-order valence-corrected chi connectivity index (χ3v) is 4.65. The van der Waals surface area contributed by atoms with Crippen LogP contribution in [-0.2, 0) is 6.54 Å². The Morgan fingerprint density at radius 2 is 1.79 bits per heavy atom. The number of benzene rings is 2. The van der Waals surface area contributed by atoms with Crippen molar-refractivity contribution in [2.75, 3.05) is 19.5 Å². The number of fused-ring (bicyclic) bond motifs is 1. The minimum absolute atomic E-state index is 0.645. The number of methoxy groups -OCH3 is 1. The standard InChI is InChI=1S/C19H22N2O2S/c1-3-12-21-18-7-5-4-6-17(18)20-19(21)24-14-13-23-16-10-8-15(22-2)9-11-16/h4-11H,3,12-14H2,1-2H3. The third kappa shape index (κ3) is 3.85. The van der Waals surface area contributed by atoms with Crippen LogP contribution in [0.1, 0.15) is 13.3 Å². The Labute approximate surface area is 146 Å². The molecule has 1 aromatic heterocycles. The first-order valence-electron chi connectivity index (χ1n) is 8.16. The molecule has 0 unspecified atom stereocenters. The van der Waals surface area contributed by atoms with Crippen molar-refractivity contribution >= 4 is 22.8 Å². The van der Waals surface area contributed by atoms with Crippen molar-refractivity contribution in [3.05, 3.63) is 48.5 Å². The number of ether oxygens (including phenoxy) is 2. The molecular weight excluding hydrogens is 320 g/mol. The predicted octanol–water partition coefficient (Wildman–Crippen LogP) is 4.63. The van der Waals surface area contributed by atoms with Crippen LogP contribution in [0.25, 0.3) is 11.0 Å². The van der Waals surface area contributed by atoms with E-state index in [1.807, 2.05) is 30.3 Å². The van der Waals surface area contributed by atoms with Gasteiger partial charge in [0.2, 0.25) is 0 Å². The highest BCUT2D eigenvalue weighted by molar-refractivity contribution is 7.99. The van der Waals surface area contributed by atoms with Gasteiger partial charge < -0.3 is 14.0 Å². The van der Waals surface area contributed by atoms with E-state index in [0.717, 1.165) is 40.9 Å². The van der Waals surface area contributed by atoms with Crippen LogP contribution < -0.4 is 9.47 Å². The lowest BCUT2D eigenvalue weighted by Gasteiger charge is -2.08. The molecule has 0 atom stereocenters. The molecule has 126 valence electrons. The molecule has 0 N–H and O–H groups in total. The van der Waals surface area contributed by atoms with Gasteiger partial charge in [-0.2, -0.15) is 0 Å². The fourth-order valence-corrected chi connectivity index (χ4v) is 3.43. The lowest BCUT2D eigenvalue weighted by Crippen LogP contribution is -2.03. The maximum Gasteiger partial charge on any atom is 0.169 e. The molecule has 0 fully saturated rings. The summed E-state index contributed by atoms with van der Waals surface area (Å²) in [5, 5.41) is 1.07. The van der Waals surface area contributed by atoms with Gasteiger partial charge in [0.05, 0.1) is 24.8 Å². The van der Waals surface area contributed by atoms with Crippen LogP contribution in [0.5, 0.6) is 11.5 Å². The Kier molecular flexibility index (Phi) is 5.64. The summed E-state index contributed by atoms with van der Waals surface area (Å²) in [7, 11) is 1.66. The fraction of sp³-hybridized carbons (Fsp3) is 0.316. The minimum atomic E-state index is 0.645. The molecule has 0 aliphatic heterocycles. The molecule has 24 heavy (non-hydrogen) atoms. The number of thioether (sulfide) groups is 1. The van der Waals surface area contributed by atoms with E-state index in [4.69, 9.17) is 14.5 Å². The molecule has 1 heterocycles. The Morgan fingerprint density at radius 3 is 2.54 bits per heavy atom. The molecule has 0 spiro atoms. The van der Waals surface area contributed by atoms with E-state index in [1.165, 1.54) is 5.52 Å². The second-order valence-electron chi connectivity index (χ2n) is 5.41. The number of hydrogen-bond acceptors (Lipinski definition) is 4.